The van der Waals surface area contributed by atoms with Crippen molar-refractivity contribution in [2.75, 3.05) is 20.1 Å². The molecule has 1 aliphatic rings. The largest absolute Gasteiger partial charge is 0.316 e. The first-order valence-corrected chi connectivity index (χ1v) is 6.58. The summed E-state index contributed by atoms with van der Waals surface area (Å²) >= 11 is 1.91. The summed E-state index contributed by atoms with van der Waals surface area (Å²) in [5.41, 5.74) is 1.55. The first-order chi connectivity index (χ1) is 7.22. The molecule has 2 unspecified atom stereocenters. The van der Waals surface area contributed by atoms with Gasteiger partial charge in [0.1, 0.15) is 0 Å². The van der Waals surface area contributed by atoms with Gasteiger partial charge in [-0.25, -0.2) is 0 Å². The Kier molecular flexibility index (Phi) is 3.44. The van der Waals surface area contributed by atoms with Gasteiger partial charge in [-0.1, -0.05) is 0 Å². The second kappa shape index (κ2) is 4.64. The van der Waals surface area contributed by atoms with Crippen molar-refractivity contribution in [1.82, 2.24) is 10.2 Å². The molecule has 0 spiro atoms. The zero-order valence-corrected chi connectivity index (χ0v) is 10.6. The lowest BCUT2D eigenvalue weighted by Gasteiger charge is -2.35. The number of nitrogens with one attached hydrogen (secondary N) is 1. The molecule has 2 rings (SSSR count). The minimum Gasteiger partial charge on any atom is -0.316 e. The SMILES string of the molecule is CNC(C)CN1CCc2sccc2C1C. The summed E-state index contributed by atoms with van der Waals surface area (Å²) in [6.07, 6.45) is 1.23. The van der Waals surface area contributed by atoms with Gasteiger partial charge in [0.2, 0.25) is 0 Å². The zero-order chi connectivity index (χ0) is 10.8. The van der Waals surface area contributed by atoms with Crippen LogP contribution in [0.15, 0.2) is 11.4 Å². The first kappa shape index (κ1) is 11.1. The lowest BCUT2D eigenvalue weighted by atomic mass is 10.0. The summed E-state index contributed by atoms with van der Waals surface area (Å²) in [6.45, 7) is 6.93. The van der Waals surface area contributed by atoms with E-state index in [1.54, 1.807) is 10.4 Å². The van der Waals surface area contributed by atoms with E-state index < -0.39 is 0 Å². The summed E-state index contributed by atoms with van der Waals surface area (Å²) in [5.74, 6) is 0. The highest BCUT2D eigenvalue weighted by molar-refractivity contribution is 7.10. The van der Waals surface area contributed by atoms with Crippen LogP contribution in [0.3, 0.4) is 0 Å². The molecule has 1 aromatic heterocycles. The number of likely N-dealkylation sites (N-methyl/N-ethyl adjacent to an activating group) is 1. The first-order valence-electron chi connectivity index (χ1n) is 5.70. The summed E-state index contributed by atoms with van der Waals surface area (Å²) < 4.78 is 0. The molecule has 2 heterocycles. The topological polar surface area (TPSA) is 15.3 Å². The van der Waals surface area contributed by atoms with Crippen LogP contribution in [0.1, 0.15) is 30.3 Å². The Morgan fingerprint density at radius 1 is 1.67 bits per heavy atom. The summed E-state index contributed by atoms with van der Waals surface area (Å²) in [4.78, 5) is 4.17. The molecule has 2 atom stereocenters. The summed E-state index contributed by atoms with van der Waals surface area (Å²) in [5, 5.41) is 5.54. The van der Waals surface area contributed by atoms with Crippen molar-refractivity contribution >= 4 is 11.3 Å². The van der Waals surface area contributed by atoms with Gasteiger partial charge in [-0.05, 0) is 44.3 Å². The molecule has 2 nitrogen and oxygen atoms in total. The minimum absolute atomic E-state index is 0.577. The molecule has 15 heavy (non-hydrogen) atoms. The third-order valence-electron chi connectivity index (χ3n) is 3.40. The van der Waals surface area contributed by atoms with Gasteiger partial charge in [0, 0.05) is 30.1 Å². The van der Waals surface area contributed by atoms with Crippen LogP contribution in [0.2, 0.25) is 0 Å². The van der Waals surface area contributed by atoms with E-state index in [1.165, 1.54) is 13.0 Å². The molecule has 0 aliphatic carbocycles. The van der Waals surface area contributed by atoms with E-state index in [0.717, 1.165) is 6.54 Å². The number of nitrogens with zero attached hydrogens (tertiary/aromatic N) is 1. The van der Waals surface area contributed by atoms with E-state index in [4.69, 9.17) is 0 Å². The second-order valence-electron chi connectivity index (χ2n) is 4.41. The molecule has 0 radical (unpaired) electrons. The number of rotatable bonds is 3. The predicted octanol–water partition coefficient (Wildman–Crippen LogP) is 2.28. The van der Waals surface area contributed by atoms with Crippen LogP contribution < -0.4 is 5.32 Å². The molecular formula is C12H20N2S. The third kappa shape index (κ3) is 2.25. The fraction of sp³-hybridized carbons (Fsp3) is 0.667. The predicted molar refractivity (Wildman–Crippen MR) is 66.5 cm³/mol. The van der Waals surface area contributed by atoms with Crippen molar-refractivity contribution in [1.29, 1.82) is 0 Å². The van der Waals surface area contributed by atoms with Gasteiger partial charge < -0.3 is 5.32 Å². The van der Waals surface area contributed by atoms with E-state index in [1.807, 2.05) is 18.4 Å². The van der Waals surface area contributed by atoms with Gasteiger partial charge in [-0.3, -0.25) is 4.90 Å². The minimum atomic E-state index is 0.577. The van der Waals surface area contributed by atoms with E-state index in [-0.39, 0.29) is 0 Å². The van der Waals surface area contributed by atoms with Crippen LogP contribution in [0.25, 0.3) is 0 Å². The maximum Gasteiger partial charge on any atom is 0.0331 e. The van der Waals surface area contributed by atoms with Gasteiger partial charge >= 0.3 is 0 Å². The molecule has 1 N–H and O–H groups in total. The van der Waals surface area contributed by atoms with Crippen molar-refractivity contribution in [2.24, 2.45) is 0 Å². The van der Waals surface area contributed by atoms with E-state index in [2.05, 4.69) is 35.5 Å². The Morgan fingerprint density at radius 3 is 3.20 bits per heavy atom. The summed E-state index contributed by atoms with van der Waals surface area (Å²) in [6, 6.07) is 3.46. The lowest BCUT2D eigenvalue weighted by molar-refractivity contribution is 0.184. The third-order valence-corrected chi connectivity index (χ3v) is 4.40. The Labute approximate surface area is 96.3 Å². The average molecular weight is 224 g/mol. The van der Waals surface area contributed by atoms with Crippen LogP contribution >= 0.6 is 11.3 Å². The van der Waals surface area contributed by atoms with Crippen LogP contribution in [-0.4, -0.2) is 31.1 Å². The van der Waals surface area contributed by atoms with Crippen molar-refractivity contribution in [2.45, 2.75) is 32.4 Å². The molecule has 0 saturated heterocycles. The molecule has 3 heteroatoms. The van der Waals surface area contributed by atoms with Gasteiger partial charge in [0.05, 0.1) is 0 Å². The van der Waals surface area contributed by atoms with Gasteiger partial charge in [-0.15, -0.1) is 11.3 Å². The molecule has 0 aromatic carbocycles. The zero-order valence-electron chi connectivity index (χ0n) is 9.79. The quantitative estimate of drug-likeness (QED) is 0.847. The van der Waals surface area contributed by atoms with E-state index in [9.17, 15) is 0 Å². The maximum atomic E-state index is 3.31. The fourth-order valence-corrected chi connectivity index (χ4v) is 3.22. The highest BCUT2D eigenvalue weighted by Crippen LogP contribution is 2.32. The van der Waals surface area contributed by atoms with Gasteiger partial charge in [0.15, 0.2) is 0 Å². The Morgan fingerprint density at radius 2 is 2.47 bits per heavy atom. The van der Waals surface area contributed by atoms with Gasteiger partial charge in [0.25, 0.3) is 0 Å². The number of fused-ring (bicyclic) bond motifs is 1. The van der Waals surface area contributed by atoms with Crippen LogP contribution in [0, 0.1) is 0 Å². The Bertz CT molecular complexity index is 321. The molecule has 1 aliphatic heterocycles. The molecule has 0 saturated carbocycles. The monoisotopic (exact) mass is 224 g/mol. The van der Waals surface area contributed by atoms with Crippen LogP contribution in [0.5, 0.6) is 0 Å². The summed E-state index contributed by atoms with van der Waals surface area (Å²) in [7, 11) is 2.04. The van der Waals surface area contributed by atoms with Crippen LogP contribution in [0.4, 0.5) is 0 Å². The average Bonchev–Trinajstić information content (AvgIpc) is 2.70. The van der Waals surface area contributed by atoms with Crippen molar-refractivity contribution < 1.29 is 0 Å². The second-order valence-corrected chi connectivity index (χ2v) is 5.41. The van der Waals surface area contributed by atoms with Crippen molar-refractivity contribution in [3.63, 3.8) is 0 Å². The van der Waals surface area contributed by atoms with E-state index >= 15 is 0 Å². The standard InChI is InChI=1S/C12H20N2S/c1-9(13-3)8-14-6-4-12-11(10(14)2)5-7-15-12/h5,7,9-10,13H,4,6,8H2,1-3H3. The Hall–Kier alpha value is -0.380. The normalized spacial score (nSPS) is 23.8. The number of hydrogen-bond acceptors (Lipinski definition) is 3. The Balaban J connectivity index is 2.06. The highest BCUT2D eigenvalue weighted by atomic mass is 32.1. The van der Waals surface area contributed by atoms with Crippen molar-refractivity contribution in [3.05, 3.63) is 21.9 Å². The van der Waals surface area contributed by atoms with E-state index in [0.29, 0.717) is 12.1 Å². The molecule has 0 amide bonds. The molecule has 0 fully saturated rings. The number of hydrogen-bond donors (Lipinski definition) is 1. The molecule has 0 bridgehead atoms. The molecular weight excluding hydrogens is 204 g/mol. The fourth-order valence-electron chi connectivity index (χ4n) is 2.25. The van der Waals surface area contributed by atoms with Crippen LogP contribution in [-0.2, 0) is 6.42 Å². The molecule has 1 aromatic rings. The molecule has 84 valence electrons. The van der Waals surface area contributed by atoms with Gasteiger partial charge in [-0.2, -0.15) is 0 Å². The lowest BCUT2D eigenvalue weighted by Crippen LogP contribution is -2.41. The maximum absolute atomic E-state index is 3.31. The van der Waals surface area contributed by atoms with Crippen molar-refractivity contribution in [3.8, 4) is 0 Å². The number of thiophene rings is 1. The smallest absolute Gasteiger partial charge is 0.0331 e. The highest BCUT2D eigenvalue weighted by Gasteiger charge is 2.25.